The Bertz CT molecular complexity index is 762. The predicted octanol–water partition coefficient (Wildman–Crippen LogP) is 4.26. The molecule has 0 aromatic heterocycles. The van der Waals surface area contributed by atoms with Crippen LogP contribution in [0.15, 0.2) is 60.7 Å². The Hall–Kier alpha value is -2.43. The zero-order valence-corrected chi connectivity index (χ0v) is 15.4. The second-order valence-corrected chi connectivity index (χ2v) is 6.48. The van der Waals surface area contributed by atoms with E-state index in [0.29, 0.717) is 6.04 Å². The van der Waals surface area contributed by atoms with Gasteiger partial charge in [0.1, 0.15) is 0 Å². The van der Waals surface area contributed by atoms with Crippen molar-refractivity contribution in [3.8, 4) is 11.1 Å². The van der Waals surface area contributed by atoms with Gasteiger partial charge in [-0.2, -0.15) is 0 Å². The van der Waals surface area contributed by atoms with Crippen molar-refractivity contribution in [3.63, 3.8) is 0 Å². The number of nitrogens with one attached hydrogen (secondary N) is 1. The maximum Gasteiger partial charge on any atom is 0.248 e. The van der Waals surface area contributed by atoms with Crippen molar-refractivity contribution in [3.05, 3.63) is 66.2 Å². The molecule has 0 saturated carbocycles. The van der Waals surface area contributed by atoms with E-state index in [1.54, 1.807) is 6.08 Å². The Morgan fingerprint density at radius 2 is 1.81 bits per heavy atom. The van der Waals surface area contributed by atoms with Crippen LogP contribution in [0.4, 0.5) is 5.69 Å². The largest absolute Gasteiger partial charge is 0.379 e. The third kappa shape index (κ3) is 4.40. The number of anilines is 1. The van der Waals surface area contributed by atoms with Crippen molar-refractivity contribution in [2.75, 3.05) is 31.6 Å². The predicted molar refractivity (Wildman–Crippen MR) is 106 cm³/mol. The fourth-order valence-electron chi connectivity index (χ4n) is 3.29. The average Bonchev–Trinajstić information content (AvgIpc) is 2.69. The molecule has 0 aliphatic carbocycles. The summed E-state index contributed by atoms with van der Waals surface area (Å²) in [5.41, 5.74) is 4.24. The molecular formula is C22H26N2O2. The summed E-state index contributed by atoms with van der Waals surface area (Å²) in [6, 6.07) is 16.9. The molecule has 1 aliphatic heterocycles. The lowest BCUT2D eigenvalue weighted by atomic mass is 9.99. The molecule has 1 amide bonds. The molecule has 1 unspecified atom stereocenters. The summed E-state index contributed by atoms with van der Waals surface area (Å²) in [6.07, 6.45) is 3.27. The number of allylic oxidation sites excluding steroid dienone is 1. The summed E-state index contributed by atoms with van der Waals surface area (Å²) in [5.74, 6) is -0.113. The Balaban J connectivity index is 1.79. The molecular weight excluding hydrogens is 324 g/mol. The van der Waals surface area contributed by atoms with Crippen molar-refractivity contribution in [2.45, 2.75) is 19.9 Å². The first-order valence-corrected chi connectivity index (χ1v) is 9.14. The summed E-state index contributed by atoms with van der Waals surface area (Å²) < 4.78 is 5.44. The lowest BCUT2D eigenvalue weighted by Crippen LogP contribution is -2.37. The lowest BCUT2D eigenvalue weighted by molar-refractivity contribution is -0.111. The van der Waals surface area contributed by atoms with E-state index in [9.17, 15) is 4.79 Å². The van der Waals surface area contributed by atoms with Crippen LogP contribution in [-0.2, 0) is 9.53 Å². The van der Waals surface area contributed by atoms with Gasteiger partial charge in [0, 0.05) is 30.4 Å². The second kappa shape index (κ2) is 8.79. The Morgan fingerprint density at radius 1 is 1.12 bits per heavy atom. The maximum atomic E-state index is 11.9. The van der Waals surface area contributed by atoms with Gasteiger partial charge in [0.15, 0.2) is 0 Å². The third-order valence-electron chi connectivity index (χ3n) is 4.80. The first-order valence-electron chi connectivity index (χ1n) is 9.14. The fraction of sp³-hybridized carbons (Fsp3) is 0.318. The van der Waals surface area contributed by atoms with Gasteiger partial charge in [-0.3, -0.25) is 9.69 Å². The van der Waals surface area contributed by atoms with Crippen LogP contribution in [0.2, 0.25) is 0 Å². The Morgan fingerprint density at radius 3 is 2.50 bits per heavy atom. The summed E-state index contributed by atoms with van der Waals surface area (Å²) in [7, 11) is 0. The van der Waals surface area contributed by atoms with Gasteiger partial charge in [-0.05, 0) is 37.1 Å². The first kappa shape index (κ1) is 18.4. The molecule has 1 aliphatic rings. The molecule has 1 saturated heterocycles. The second-order valence-electron chi connectivity index (χ2n) is 6.48. The quantitative estimate of drug-likeness (QED) is 0.819. The molecule has 1 heterocycles. The van der Waals surface area contributed by atoms with Crippen molar-refractivity contribution < 1.29 is 9.53 Å². The topological polar surface area (TPSA) is 41.6 Å². The molecule has 26 heavy (non-hydrogen) atoms. The molecule has 0 bridgehead atoms. The van der Waals surface area contributed by atoms with Crippen molar-refractivity contribution in [1.29, 1.82) is 0 Å². The number of morpholine rings is 1. The molecule has 1 atom stereocenters. The van der Waals surface area contributed by atoms with Gasteiger partial charge in [0.05, 0.1) is 13.2 Å². The smallest absolute Gasteiger partial charge is 0.248 e. The number of ether oxygens (including phenoxy) is 1. The van der Waals surface area contributed by atoms with E-state index >= 15 is 0 Å². The van der Waals surface area contributed by atoms with Gasteiger partial charge in [0.25, 0.3) is 0 Å². The third-order valence-corrected chi connectivity index (χ3v) is 4.80. The number of amides is 1. The Labute approximate surface area is 155 Å². The molecule has 2 aromatic carbocycles. The lowest BCUT2D eigenvalue weighted by Gasteiger charge is -2.32. The zero-order chi connectivity index (χ0) is 18.4. The minimum atomic E-state index is -0.113. The highest BCUT2D eigenvalue weighted by atomic mass is 16.5. The number of benzene rings is 2. The molecule has 4 nitrogen and oxygen atoms in total. The highest BCUT2D eigenvalue weighted by Crippen LogP contribution is 2.30. The van der Waals surface area contributed by atoms with E-state index in [1.807, 2.05) is 31.2 Å². The highest BCUT2D eigenvalue weighted by molar-refractivity contribution is 6.02. The SMILES string of the molecule is C/C=C/C(=O)Nc1ccccc1-c1ccc(C(C)N2CCOCC2)cc1. The normalized spacial score (nSPS) is 16.5. The van der Waals surface area contributed by atoms with Crippen LogP contribution < -0.4 is 5.32 Å². The van der Waals surface area contributed by atoms with Crippen LogP contribution in [0.3, 0.4) is 0 Å². The number of hydrogen-bond donors (Lipinski definition) is 1. The first-order chi connectivity index (χ1) is 12.7. The van der Waals surface area contributed by atoms with E-state index in [1.165, 1.54) is 11.6 Å². The molecule has 1 N–H and O–H groups in total. The van der Waals surface area contributed by atoms with E-state index < -0.39 is 0 Å². The van der Waals surface area contributed by atoms with Gasteiger partial charge in [-0.1, -0.05) is 48.5 Å². The van der Waals surface area contributed by atoms with Crippen LogP contribution in [0, 0.1) is 0 Å². The number of para-hydroxylation sites is 1. The van der Waals surface area contributed by atoms with Crippen LogP contribution in [0.5, 0.6) is 0 Å². The molecule has 1 fully saturated rings. The maximum absolute atomic E-state index is 11.9. The molecule has 3 rings (SSSR count). The number of carbonyl (C=O) groups is 1. The van der Waals surface area contributed by atoms with Crippen LogP contribution in [-0.4, -0.2) is 37.1 Å². The molecule has 136 valence electrons. The van der Waals surface area contributed by atoms with Gasteiger partial charge in [-0.25, -0.2) is 0 Å². The van der Waals surface area contributed by atoms with Crippen LogP contribution >= 0.6 is 0 Å². The minimum Gasteiger partial charge on any atom is -0.379 e. The Kier molecular flexibility index (Phi) is 6.21. The number of hydrogen-bond acceptors (Lipinski definition) is 3. The fourth-order valence-corrected chi connectivity index (χ4v) is 3.29. The van der Waals surface area contributed by atoms with Gasteiger partial charge in [-0.15, -0.1) is 0 Å². The van der Waals surface area contributed by atoms with E-state index in [0.717, 1.165) is 43.1 Å². The average molecular weight is 350 g/mol. The molecule has 0 radical (unpaired) electrons. The summed E-state index contributed by atoms with van der Waals surface area (Å²) in [5, 5.41) is 2.95. The molecule has 2 aromatic rings. The van der Waals surface area contributed by atoms with Crippen LogP contribution in [0.1, 0.15) is 25.5 Å². The van der Waals surface area contributed by atoms with Crippen molar-refractivity contribution in [2.24, 2.45) is 0 Å². The number of rotatable bonds is 5. The van der Waals surface area contributed by atoms with E-state index in [4.69, 9.17) is 4.74 Å². The summed E-state index contributed by atoms with van der Waals surface area (Å²) in [4.78, 5) is 14.3. The van der Waals surface area contributed by atoms with E-state index in [-0.39, 0.29) is 5.91 Å². The minimum absolute atomic E-state index is 0.113. The monoisotopic (exact) mass is 350 g/mol. The zero-order valence-electron chi connectivity index (χ0n) is 15.4. The number of carbonyl (C=O) groups excluding carboxylic acids is 1. The van der Waals surface area contributed by atoms with Gasteiger partial charge >= 0.3 is 0 Å². The highest BCUT2D eigenvalue weighted by Gasteiger charge is 2.18. The molecule has 4 heteroatoms. The van der Waals surface area contributed by atoms with Crippen molar-refractivity contribution in [1.82, 2.24) is 4.90 Å². The van der Waals surface area contributed by atoms with Gasteiger partial charge in [0.2, 0.25) is 5.91 Å². The van der Waals surface area contributed by atoms with Crippen LogP contribution in [0.25, 0.3) is 11.1 Å². The standard InChI is InChI=1S/C22H26N2O2/c1-3-6-22(25)23-21-8-5-4-7-20(21)19-11-9-18(10-12-19)17(2)24-13-15-26-16-14-24/h3-12,17H,13-16H2,1-2H3,(H,23,25)/b6-3+. The van der Waals surface area contributed by atoms with Crippen molar-refractivity contribution >= 4 is 11.6 Å². The van der Waals surface area contributed by atoms with E-state index in [2.05, 4.69) is 41.4 Å². The molecule has 0 spiro atoms. The van der Waals surface area contributed by atoms with Gasteiger partial charge < -0.3 is 10.1 Å². The number of nitrogens with zero attached hydrogens (tertiary/aromatic N) is 1. The summed E-state index contributed by atoms with van der Waals surface area (Å²) >= 11 is 0. The summed E-state index contributed by atoms with van der Waals surface area (Å²) in [6.45, 7) is 7.64.